The highest BCUT2D eigenvalue weighted by Crippen LogP contribution is 2.55. The SMILES string of the molecule is N[C@@H](CC(=O)OCCC(F)(F)C(F)(F)C(F)(F)C(F)(F)F)C(=O)OCCC(F)(F)C(F)(F)C(F)(F)C(F)(F)F. The Morgan fingerprint density at radius 1 is 0.538 bits per heavy atom. The number of hydrogen-bond donors (Lipinski definition) is 1. The van der Waals surface area contributed by atoms with Crippen molar-refractivity contribution in [1.82, 2.24) is 0 Å². The van der Waals surface area contributed by atoms with Crippen LogP contribution >= 0.6 is 0 Å². The zero-order valence-electron chi connectivity index (χ0n) is 18.1. The molecule has 0 rings (SSSR count). The molecule has 0 saturated carbocycles. The molecule has 0 unspecified atom stereocenters. The molecule has 2 N–H and O–H groups in total. The average Bonchev–Trinajstić information content (AvgIpc) is 2.70. The molecule has 0 aromatic heterocycles. The van der Waals surface area contributed by atoms with Gasteiger partial charge in [-0.2, -0.15) is 79.0 Å². The lowest BCUT2D eigenvalue weighted by Crippen LogP contribution is -2.61. The summed E-state index contributed by atoms with van der Waals surface area (Å²) >= 11 is 0. The van der Waals surface area contributed by atoms with Gasteiger partial charge in [0.1, 0.15) is 6.04 Å². The van der Waals surface area contributed by atoms with Gasteiger partial charge in [0.25, 0.3) is 0 Å². The molecule has 0 spiro atoms. The molecule has 5 nitrogen and oxygen atoms in total. The summed E-state index contributed by atoms with van der Waals surface area (Å²) < 4.78 is 236. The van der Waals surface area contributed by atoms with Gasteiger partial charge in [-0.1, -0.05) is 0 Å². The predicted molar refractivity (Wildman–Crippen MR) is 85.5 cm³/mol. The van der Waals surface area contributed by atoms with E-state index in [2.05, 4.69) is 9.47 Å². The number of alkyl halides is 18. The Labute approximate surface area is 203 Å². The molecule has 0 aliphatic carbocycles. The van der Waals surface area contributed by atoms with Crippen LogP contribution in [0.5, 0.6) is 0 Å². The highest BCUT2D eigenvalue weighted by molar-refractivity contribution is 5.82. The zero-order valence-corrected chi connectivity index (χ0v) is 18.1. The second-order valence-electron chi connectivity index (χ2n) is 7.40. The molecule has 0 fully saturated rings. The van der Waals surface area contributed by atoms with Crippen molar-refractivity contribution >= 4 is 11.9 Å². The summed E-state index contributed by atoms with van der Waals surface area (Å²) in [6, 6.07) is -2.39. The minimum atomic E-state index is -7.24. The third kappa shape index (κ3) is 7.44. The third-order valence-corrected chi connectivity index (χ3v) is 4.45. The van der Waals surface area contributed by atoms with Crippen LogP contribution in [0.4, 0.5) is 79.0 Å². The lowest BCUT2D eigenvalue weighted by atomic mass is 10.0. The molecule has 232 valence electrons. The molecule has 0 aliphatic rings. The first-order valence-electron chi connectivity index (χ1n) is 9.39. The largest absolute Gasteiger partial charge is 0.465 e. The van der Waals surface area contributed by atoms with Crippen LogP contribution in [0.3, 0.4) is 0 Å². The molecule has 0 heterocycles. The third-order valence-electron chi connectivity index (χ3n) is 4.45. The highest BCUT2D eigenvalue weighted by atomic mass is 19.4. The van der Waals surface area contributed by atoms with Gasteiger partial charge in [-0.05, 0) is 0 Å². The van der Waals surface area contributed by atoms with E-state index in [1.165, 1.54) is 0 Å². The summed E-state index contributed by atoms with van der Waals surface area (Å²) in [5.41, 5.74) is 4.94. The summed E-state index contributed by atoms with van der Waals surface area (Å²) in [4.78, 5) is 22.8. The van der Waals surface area contributed by atoms with E-state index in [1.807, 2.05) is 0 Å². The van der Waals surface area contributed by atoms with Gasteiger partial charge < -0.3 is 15.2 Å². The number of halogens is 18. The van der Waals surface area contributed by atoms with E-state index in [9.17, 15) is 88.6 Å². The fraction of sp³-hybridized carbons (Fsp3) is 0.875. The van der Waals surface area contributed by atoms with Crippen molar-refractivity contribution in [3.8, 4) is 0 Å². The lowest BCUT2D eigenvalue weighted by molar-refractivity contribution is -0.397. The summed E-state index contributed by atoms with van der Waals surface area (Å²) in [6.07, 6.45) is -21.1. The maximum atomic E-state index is 13.3. The molecule has 0 radical (unpaired) electrons. The number of esters is 2. The second kappa shape index (κ2) is 11.3. The van der Waals surface area contributed by atoms with Crippen molar-refractivity contribution in [1.29, 1.82) is 0 Å². The Bertz CT molecular complexity index is 866. The molecule has 0 aromatic rings. The smallest absolute Gasteiger partial charge is 0.460 e. The van der Waals surface area contributed by atoms with Gasteiger partial charge >= 0.3 is 59.8 Å². The minimum absolute atomic E-state index is 1.54. The number of carbonyl (C=O) groups excluding carboxylic acids is 2. The first-order valence-corrected chi connectivity index (χ1v) is 9.39. The van der Waals surface area contributed by atoms with Crippen molar-refractivity contribution in [2.75, 3.05) is 13.2 Å². The highest BCUT2D eigenvalue weighted by Gasteiger charge is 2.82. The van der Waals surface area contributed by atoms with Gasteiger partial charge in [-0.3, -0.25) is 9.59 Å². The molecular weight excluding hydrogens is 612 g/mol. The van der Waals surface area contributed by atoms with Crippen LogP contribution in [0.15, 0.2) is 0 Å². The lowest BCUT2D eigenvalue weighted by Gasteiger charge is -2.33. The Kier molecular flexibility index (Phi) is 10.6. The molecule has 0 aromatic carbocycles. The quantitative estimate of drug-likeness (QED) is 0.216. The molecule has 0 saturated heterocycles. The molecule has 0 amide bonds. The number of ether oxygens (including phenoxy) is 2. The van der Waals surface area contributed by atoms with Crippen molar-refractivity contribution in [3.63, 3.8) is 0 Å². The van der Waals surface area contributed by atoms with Gasteiger partial charge in [0.05, 0.1) is 32.5 Å². The number of nitrogens with two attached hydrogens (primary N) is 1. The van der Waals surface area contributed by atoms with Gasteiger partial charge in [-0.15, -0.1) is 0 Å². The topological polar surface area (TPSA) is 78.6 Å². The van der Waals surface area contributed by atoms with Crippen LogP contribution < -0.4 is 5.73 Å². The molecule has 0 aliphatic heterocycles. The Hall–Kier alpha value is -2.36. The molecule has 23 heteroatoms. The van der Waals surface area contributed by atoms with E-state index in [1.54, 1.807) is 0 Å². The first kappa shape index (κ1) is 36.6. The van der Waals surface area contributed by atoms with E-state index in [-0.39, 0.29) is 0 Å². The summed E-state index contributed by atoms with van der Waals surface area (Å²) in [6.45, 7) is -3.99. The van der Waals surface area contributed by atoms with Crippen LogP contribution in [0, 0.1) is 0 Å². The standard InChI is InChI=1S/C16H13F18NO4/c17-9(18,11(21,22)13(25,26)15(29,30)31)1-3-38-7(36)5-6(35)8(37)39-4-2-10(19,20)12(23,24)14(27,28)16(32,33)34/h6H,1-5,35H2/t6-/m0/s1. The Balaban J connectivity index is 4.95. The van der Waals surface area contributed by atoms with Gasteiger partial charge in [0, 0.05) is 0 Å². The number of hydrogen-bond acceptors (Lipinski definition) is 5. The summed E-state index contributed by atoms with van der Waals surface area (Å²) in [7, 11) is 0. The van der Waals surface area contributed by atoms with Crippen molar-refractivity contribution < 1.29 is 98.1 Å². The van der Waals surface area contributed by atoms with Crippen molar-refractivity contribution in [3.05, 3.63) is 0 Å². The maximum Gasteiger partial charge on any atom is 0.460 e. The van der Waals surface area contributed by atoms with E-state index in [4.69, 9.17) is 5.73 Å². The van der Waals surface area contributed by atoms with E-state index < -0.39 is 98.3 Å². The van der Waals surface area contributed by atoms with E-state index in [0.29, 0.717) is 0 Å². The fourth-order valence-electron chi connectivity index (χ4n) is 2.13. The second-order valence-corrected chi connectivity index (χ2v) is 7.40. The van der Waals surface area contributed by atoms with Crippen molar-refractivity contribution in [2.24, 2.45) is 5.73 Å². The molecule has 39 heavy (non-hydrogen) atoms. The van der Waals surface area contributed by atoms with Crippen molar-refractivity contribution in [2.45, 2.75) is 73.2 Å². The molecule has 0 bridgehead atoms. The Morgan fingerprint density at radius 3 is 1.15 bits per heavy atom. The number of rotatable bonds is 13. The van der Waals surface area contributed by atoms with Gasteiger partial charge in [0.15, 0.2) is 0 Å². The monoisotopic (exact) mass is 625 g/mol. The molecule has 1 atom stereocenters. The molecular formula is C16H13F18NO4. The fourth-order valence-corrected chi connectivity index (χ4v) is 2.13. The van der Waals surface area contributed by atoms with Gasteiger partial charge in [0.2, 0.25) is 0 Å². The van der Waals surface area contributed by atoms with E-state index in [0.717, 1.165) is 0 Å². The van der Waals surface area contributed by atoms with E-state index >= 15 is 0 Å². The van der Waals surface area contributed by atoms with Crippen LogP contribution in [0.1, 0.15) is 19.3 Å². The predicted octanol–water partition coefficient (Wildman–Crippen LogP) is 5.51. The normalized spacial score (nSPS) is 15.7. The number of carbonyl (C=O) groups is 2. The van der Waals surface area contributed by atoms with Crippen LogP contribution in [0.25, 0.3) is 0 Å². The Morgan fingerprint density at radius 2 is 0.846 bits per heavy atom. The minimum Gasteiger partial charge on any atom is -0.465 e. The van der Waals surface area contributed by atoms with Crippen LogP contribution in [-0.4, -0.2) is 79.1 Å². The summed E-state index contributed by atoms with van der Waals surface area (Å²) in [5.74, 6) is -44.8. The summed E-state index contributed by atoms with van der Waals surface area (Å²) in [5, 5.41) is 0. The van der Waals surface area contributed by atoms with Gasteiger partial charge in [-0.25, -0.2) is 0 Å². The zero-order chi connectivity index (χ0) is 31.7. The first-order chi connectivity index (χ1) is 16.9. The van der Waals surface area contributed by atoms with Crippen LogP contribution in [-0.2, 0) is 19.1 Å². The maximum absolute atomic E-state index is 13.3. The van der Waals surface area contributed by atoms with Crippen LogP contribution in [0.2, 0.25) is 0 Å². The average molecular weight is 625 g/mol.